The molecule has 0 amide bonds. The molecule has 2 aliphatic heterocycles. The summed E-state index contributed by atoms with van der Waals surface area (Å²) in [6.07, 6.45) is 1.78. The van der Waals surface area contributed by atoms with Crippen molar-refractivity contribution in [2.24, 2.45) is 5.92 Å². The van der Waals surface area contributed by atoms with Crippen LogP contribution in [0.5, 0.6) is 11.5 Å². The van der Waals surface area contributed by atoms with Crippen molar-refractivity contribution in [3.05, 3.63) is 35.5 Å². The summed E-state index contributed by atoms with van der Waals surface area (Å²) in [4.78, 5) is 4.32. The highest BCUT2D eigenvalue weighted by Gasteiger charge is 2.34. The zero-order chi connectivity index (χ0) is 17.2. The van der Waals surface area contributed by atoms with Crippen LogP contribution in [0.3, 0.4) is 0 Å². The van der Waals surface area contributed by atoms with E-state index in [2.05, 4.69) is 15.5 Å². The molecule has 1 aromatic heterocycles. The lowest BCUT2D eigenvalue weighted by atomic mass is 9.98. The number of nitrogens with zero attached hydrogens (tertiary/aromatic N) is 2. The Labute approximate surface area is 146 Å². The number of fused-ring (bicyclic) bond motifs is 1. The van der Waals surface area contributed by atoms with Crippen LogP contribution in [0.15, 0.2) is 22.7 Å². The van der Waals surface area contributed by atoms with E-state index in [4.69, 9.17) is 18.7 Å². The fourth-order valence-corrected chi connectivity index (χ4v) is 3.49. The highest BCUT2D eigenvalue weighted by molar-refractivity contribution is 5.42. The number of hydrogen-bond donors (Lipinski definition) is 1. The van der Waals surface area contributed by atoms with E-state index in [1.807, 2.05) is 25.1 Å². The Morgan fingerprint density at radius 1 is 1.36 bits per heavy atom. The van der Waals surface area contributed by atoms with Crippen molar-refractivity contribution in [1.82, 2.24) is 15.5 Å². The molecule has 0 aliphatic carbocycles. The SMILES string of the molecule is COc1ccc2c(c1)CC(NC[C@@H]1CCO[C@@H]1c1nc(C)no1)CO2. The minimum Gasteiger partial charge on any atom is -0.497 e. The molecule has 1 N–H and O–H groups in total. The van der Waals surface area contributed by atoms with Crippen LogP contribution in [-0.2, 0) is 11.2 Å². The largest absolute Gasteiger partial charge is 0.497 e. The monoisotopic (exact) mass is 345 g/mol. The van der Waals surface area contributed by atoms with Crippen molar-refractivity contribution < 1.29 is 18.7 Å². The van der Waals surface area contributed by atoms with Gasteiger partial charge in [0.1, 0.15) is 24.2 Å². The normalized spacial score (nSPS) is 25.4. The molecular weight excluding hydrogens is 322 g/mol. The summed E-state index contributed by atoms with van der Waals surface area (Å²) in [5.74, 6) is 3.35. The lowest BCUT2D eigenvalue weighted by molar-refractivity contribution is 0.0611. The first kappa shape index (κ1) is 16.4. The smallest absolute Gasteiger partial charge is 0.256 e. The van der Waals surface area contributed by atoms with Crippen molar-refractivity contribution in [2.75, 3.05) is 26.9 Å². The van der Waals surface area contributed by atoms with E-state index in [0.29, 0.717) is 24.2 Å². The average molecular weight is 345 g/mol. The molecule has 7 heteroatoms. The van der Waals surface area contributed by atoms with Crippen molar-refractivity contribution in [1.29, 1.82) is 0 Å². The summed E-state index contributed by atoms with van der Waals surface area (Å²) >= 11 is 0. The first-order chi connectivity index (χ1) is 12.2. The maximum Gasteiger partial charge on any atom is 0.256 e. The summed E-state index contributed by atoms with van der Waals surface area (Å²) < 4.78 is 22.3. The van der Waals surface area contributed by atoms with Crippen molar-refractivity contribution in [2.45, 2.75) is 31.9 Å². The van der Waals surface area contributed by atoms with Gasteiger partial charge in [0.25, 0.3) is 5.89 Å². The predicted molar refractivity (Wildman–Crippen MR) is 89.8 cm³/mol. The molecule has 2 aliphatic rings. The molecular formula is C18H23N3O4. The molecule has 1 saturated heterocycles. The molecule has 1 fully saturated rings. The Balaban J connectivity index is 1.36. The molecule has 3 heterocycles. The standard InChI is InChI=1S/C18H23N3O4/c1-11-20-18(25-21-11)17-12(5-6-23-17)9-19-14-7-13-8-15(22-2)3-4-16(13)24-10-14/h3-4,8,12,14,17,19H,5-7,9-10H2,1-2H3/t12-,14?,17-/m0/s1. The van der Waals surface area contributed by atoms with E-state index >= 15 is 0 Å². The van der Waals surface area contributed by atoms with Gasteiger partial charge in [0.05, 0.1) is 7.11 Å². The number of hydrogen-bond acceptors (Lipinski definition) is 7. The highest BCUT2D eigenvalue weighted by atomic mass is 16.5. The summed E-state index contributed by atoms with van der Waals surface area (Å²) in [6, 6.07) is 6.22. The molecule has 0 bridgehead atoms. The minimum atomic E-state index is -0.120. The Morgan fingerprint density at radius 3 is 3.08 bits per heavy atom. The van der Waals surface area contributed by atoms with E-state index in [9.17, 15) is 0 Å². The van der Waals surface area contributed by atoms with E-state index in [0.717, 1.165) is 37.5 Å². The Morgan fingerprint density at radius 2 is 2.28 bits per heavy atom. The third-order valence-electron chi connectivity index (χ3n) is 4.84. The van der Waals surface area contributed by atoms with Gasteiger partial charge < -0.3 is 24.1 Å². The Hall–Kier alpha value is -2.12. The second kappa shape index (κ2) is 7.01. The molecule has 1 unspecified atom stereocenters. The van der Waals surface area contributed by atoms with Gasteiger partial charge in [-0.1, -0.05) is 5.16 Å². The third-order valence-corrected chi connectivity index (χ3v) is 4.84. The zero-order valence-electron chi connectivity index (χ0n) is 14.5. The van der Waals surface area contributed by atoms with Gasteiger partial charge in [-0.2, -0.15) is 4.98 Å². The molecule has 4 rings (SSSR count). The fraction of sp³-hybridized carbons (Fsp3) is 0.556. The average Bonchev–Trinajstić information content (AvgIpc) is 3.27. The van der Waals surface area contributed by atoms with Crippen LogP contribution in [0.1, 0.15) is 29.8 Å². The number of aryl methyl sites for hydroxylation is 1. The van der Waals surface area contributed by atoms with Crippen LogP contribution < -0.4 is 14.8 Å². The summed E-state index contributed by atoms with van der Waals surface area (Å²) in [6.45, 7) is 4.04. The first-order valence-corrected chi connectivity index (χ1v) is 8.68. The van der Waals surface area contributed by atoms with Gasteiger partial charge in [0.15, 0.2) is 5.82 Å². The van der Waals surface area contributed by atoms with E-state index in [1.54, 1.807) is 7.11 Å². The number of nitrogens with one attached hydrogen (secondary N) is 1. The number of ether oxygens (including phenoxy) is 3. The topological polar surface area (TPSA) is 78.6 Å². The van der Waals surface area contributed by atoms with Gasteiger partial charge in [0.2, 0.25) is 0 Å². The highest BCUT2D eigenvalue weighted by Crippen LogP contribution is 2.34. The van der Waals surface area contributed by atoms with Gasteiger partial charge in [-0.05, 0) is 43.5 Å². The molecule has 0 saturated carbocycles. The van der Waals surface area contributed by atoms with E-state index in [1.165, 1.54) is 5.56 Å². The summed E-state index contributed by atoms with van der Waals surface area (Å²) in [5.41, 5.74) is 1.18. The zero-order valence-corrected chi connectivity index (χ0v) is 14.5. The van der Waals surface area contributed by atoms with Crippen molar-refractivity contribution in [3.8, 4) is 11.5 Å². The van der Waals surface area contributed by atoms with Crippen LogP contribution in [0, 0.1) is 12.8 Å². The summed E-state index contributed by atoms with van der Waals surface area (Å²) in [7, 11) is 1.68. The van der Waals surface area contributed by atoms with E-state index in [-0.39, 0.29) is 12.1 Å². The van der Waals surface area contributed by atoms with Crippen molar-refractivity contribution in [3.63, 3.8) is 0 Å². The van der Waals surface area contributed by atoms with Gasteiger partial charge >= 0.3 is 0 Å². The quantitative estimate of drug-likeness (QED) is 0.888. The third kappa shape index (κ3) is 3.48. The predicted octanol–water partition coefficient (Wildman–Crippen LogP) is 2.06. The van der Waals surface area contributed by atoms with Gasteiger partial charge in [-0.25, -0.2) is 0 Å². The van der Waals surface area contributed by atoms with Crippen LogP contribution in [0.2, 0.25) is 0 Å². The summed E-state index contributed by atoms with van der Waals surface area (Å²) in [5, 5.41) is 7.48. The van der Waals surface area contributed by atoms with Crippen LogP contribution >= 0.6 is 0 Å². The molecule has 3 atom stereocenters. The number of benzene rings is 1. The van der Waals surface area contributed by atoms with Crippen molar-refractivity contribution >= 4 is 0 Å². The Bertz CT molecular complexity index is 733. The molecule has 25 heavy (non-hydrogen) atoms. The fourth-order valence-electron chi connectivity index (χ4n) is 3.49. The lowest BCUT2D eigenvalue weighted by Gasteiger charge is -2.28. The molecule has 1 aromatic carbocycles. The van der Waals surface area contributed by atoms with Crippen LogP contribution in [0.25, 0.3) is 0 Å². The molecule has 0 spiro atoms. The second-order valence-corrected chi connectivity index (χ2v) is 6.61. The number of methoxy groups -OCH3 is 1. The van der Waals surface area contributed by atoms with Gasteiger partial charge in [-0.15, -0.1) is 0 Å². The van der Waals surface area contributed by atoms with E-state index < -0.39 is 0 Å². The maximum absolute atomic E-state index is 5.88. The Kier molecular flexibility index (Phi) is 4.59. The lowest BCUT2D eigenvalue weighted by Crippen LogP contribution is -2.42. The van der Waals surface area contributed by atoms with Crippen LogP contribution in [0.4, 0.5) is 0 Å². The molecule has 7 nitrogen and oxygen atoms in total. The van der Waals surface area contributed by atoms with Gasteiger partial charge in [-0.3, -0.25) is 0 Å². The number of rotatable bonds is 5. The molecule has 134 valence electrons. The molecule has 2 aromatic rings. The maximum atomic E-state index is 5.88. The minimum absolute atomic E-state index is 0.120. The van der Waals surface area contributed by atoms with Gasteiger partial charge in [0, 0.05) is 25.1 Å². The molecule has 0 radical (unpaired) electrons. The second-order valence-electron chi connectivity index (χ2n) is 6.61. The first-order valence-electron chi connectivity index (χ1n) is 8.68. The number of aromatic nitrogens is 2. The van der Waals surface area contributed by atoms with Crippen LogP contribution in [-0.4, -0.2) is 43.1 Å².